The molecule has 0 aromatic rings. The molecule has 1 unspecified atom stereocenters. The minimum Gasteiger partial charge on any atom is -0.373 e. The lowest BCUT2D eigenvalue weighted by molar-refractivity contribution is 0.0360. The van der Waals surface area contributed by atoms with Gasteiger partial charge in [-0.2, -0.15) is 0 Å². The van der Waals surface area contributed by atoms with E-state index in [1.54, 1.807) is 0 Å². The zero-order chi connectivity index (χ0) is 14.6. The standard InChI is InChI=1S/C13H32N2O3Si/c1-4-16-19(12-15,17-5-2)18-13(3)10-8-6-7-9-11-14/h13H,4-12,14-15H2,1-3H3. The van der Waals surface area contributed by atoms with E-state index in [-0.39, 0.29) is 6.10 Å². The van der Waals surface area contributed by atoms with Crippen molar-refractivity contribution in [3.05, 3.63) is 0 Å². The Bertz CT molecular complexity index is 202. The molecule has 0 aliphatic heterocycles. The highest BCUT2D eigenvalue weighted by atomic mass is 28.4. The van der Waals surface area contributed by atoms with Crippen LogP contribution in [0, 0.1) is 0 Å². The lowest BCUT2D eigenvalue weighted by Gasteiger charge is -2.30. The van der Waals surface area contributed by atoms with Crippen LogP contribution < -0.4 is 11.5 Å². The highest BCUT2D eigenvalue weighted by Crippen LogP contribution is 2.15. The van der Waals surface area contributed by atoms with E-state index < -0.39 is 8.80 Å². The lowest BCUT2D eigenvalue weighted by atomic mass is 10.1. The van der Waals surface area contributed by atoms with Crippen LogP contribution in [0.3, 0.4) is 0 Å². The van der Waals surface area contributed by atoms with Gasteiger partial charge in [-0.05, 0) is 40.2 Å². The SMILES string of the molecule is CCO[Si](CN)(OCC)OC(C)CCCCCCN. The summed E-state index contributed by atoms with van der Waals surface area (Å²) in [6, 6.07) is 0. The van der Waals surface area contributed by atoms with E-state index in [0.717, 1.165) is 25.8 Å². The maximum atomic E-state index is 6.02. The fourth-order valence-corrected chi connectivity index (χ4v) is 4.17. The van der Waals surface area contributed by atoms with Crippen LogP contribution in [0.4, 0.5) is 0 Å². The molecular weight excluding hydrogens is 260 g/mol. The third-order valence-corrected chi connectivity index (χ3v) is 5.64. The van der Waals surface area contributed by atoms with Gasteiger partial charge in [0.2, 0.25) is 0 Å². The van der Waals surface area contributed by atoms with Crippen molar-refractivity contribution in [2.45, 2.75) is 59.0 Å². The third kappa shape index (κ3) is 8.72. The van der Waals surface area contributed by atoms with Gasteiger partial charge in [0.25, 0.3) is 0 Å². The quantitative estimate of drug-likeness (QED) is 0.400. The van der Waals surface area contributed by atoms with Gasteiger partial charge in [0.05, 0.1) is 6.17 Å². The Balaban J connectivity index is 4.04. The van der Waals surface area contributed by atoms with Crippen LogP contribution in [0.1, 0.15) is 52.9 Å². The summed E-state index contributed by atoms with van der Waals surface area (Å²) >= 11 is 0. The number of unbranched alkanes of at least 4 members (excludes halogenated alkanes) is 3. The molecule has 0 amide bonds. The van der Waals surface area contributed by atoms with Crippen molar-refractivity contribution in [2.24, 2.45) is 11.5 Å². The fraction of sp³-hybridized carbons (Fsp3) is 1.00. The van der Waals surface area contributed by atoms with Gasteiger partial charge in [0.1, 0.15) is 0 Å². The molecule has 0 heterocycles. The highest BCUT2D eigenvalue weighted by Gasteiger charge is 2.40. The van der Waals surface area contributed by atoms with E-state index in [1.807, 2.05) is 13.8 Å². The molecule has 0 bridgehead atoms. The highest BCUT2D eigenvalue weighted by molar-refractivity contribution is 6.60. The van der Waals surface area contributed by atoms with Gasteiger partial charge in [-0.1, -0.05) is 19.3 Å². The monoisotopic (exact) mass is 292 g/mol. The van der Waals surface area contributed by atoms with Crippen LogP contribution in [0.25, 0.3) is 0 Å². The molecule has 116 valence electrons. The second-order valence-corrected chi connectivity index (χ2v) is 7.26. The molecule has 19 heavy (non-hydrogen) atoms. The molecule has 0 rings (SSSR count). The van der Waals surface area contributed by atoms with Crippen molar-refractivity contribution in [1.29, 1.82) is 0 Å². The normalized spacial score (nSPS) is 13.7. The molecular formula is C13H32N2O3Si. The molecule has 0 saturated heterocycles. The zero-order valence-electron chi connectivity index (χ0n) is 12.8. The number of hydrogen-bond donors (Lipinski definition) is 2. The average molecular weight is 292 g/mol. The zero-order valence-corrected chi connectivity index (χ0v) is 13.8. The van der Waals surface area contributed by atoms with Gasteiger partial charge >= 0.3 is 8.80 Å². The summed E-state index contributed by atoms with van der Waals surface area (Å²) in [4.78, 5) is 0. The van der Waals surface area contributed by atoms with Gasteiger partial charge in [-0.3, -0.25) is 0 Å². The summed E-state index contributed by atoms with van der Waals surface area (Å²) in [5, 5.41) is 0. The van der Waals surface area contributed by atoms with Gasteiger partial charge in [0.15, 0.2) is 0 Å². The maximum absolute atomic E-state index is 6.02. The lowest BCUT2D eigenvalue weighted by Crippen LogP contribution is -2.54. The third-order valence-electron chi connectivity index (χ3n) is 2.92. The maximum Gasteiger partial charge on any atom is 0.515 e. The summed E-state index contributed by atoms with van der Waals surface area (Å²) < 4.78 is 17.4. The number of nitrogens with two attached hydrogens (primary N) is 2. The minimum absolute atomic E-state index is 0.131. The number of rotatable bonds is 13. The molecule has 6 heteroatoms. The average Bonchev–Trinajstić information content (AvgIpc) is 2.39. The molecule has 1 atom stereocenters. The van der Waals surface area contributed by atoms with E-state index in [4.69, 9.17) is 24.7 Å². The first-order valence-corrected chi connectivity index (χ1v) is 9.43. The fourth-order valence-electron chi connectivity index (χ4n) is 2.01. The van der Waals surface area contributed by atoms with Crippen molar-refractivity contribution in [2.75, 3.05) is 25.9 Å². The molecule has 0 aromatic carbocycles. The smallest absolute Gasteiger partial charge is 0.373 e. The summed E-state index contributed by atoms with van der Waals surface area (Å²) in [5.41, 5.74) is 11.3. The molecule has 0 aliphatic carbocycles. The second kappa shape index (κ2) is 11.8. The molecule has 0 spiro atoms. The first-order chi connectivity index (χ1) is 9.14. The summed E-state index contributed by atoms with van der Waals surface area (Å²) in [7, 11) is -2.65. The first-order valence-electron chi connectivity index (χ1n) is 7.50. The molecule has 0 aromatic heterocycles. The van der Waals surface area contributed by atoms with Gasteiger partial charge in [-0.25, -0.2) is 0 Å². The van der Waals surface area contributed by atoms with Crippen molar-refractivity contribution in [3.63, 3.8) is 0 Å². The Morgan fingerprint density at radius 1 is 0.947 bits per heavy atom. The first kappa shape index (κ1) is 19.0. The van der Waals surface area contributed by atoms with E-state index in [1.165, 1.54) is 12.8 Å². The molecule has 4 N–H and O–H groups in total. The Morgan fingerprint density at radius 3 is 2.00 bits per heavy atom. The molecule has 5 nitrogen and oxygen atoms in total. The van der Waals surface area contributed by atoms with Crippen LogP contribution >= 0.6 is 0 Å². The van der Waals surface area contributed by atoms with Gasteiger partial charge in [0, 0.05) is 19.3 Å². The van der Waals surface area contributed by atoms with Crippen molar-refractivity contribution < 1.29 is 13.3 Å². The van der Waals surface area contributed by atoms with Crippen LogP contribution in [-0.4, -0.2) is 40.8 Å². The summed E-state index contributed by atoms with van der Waals surface area (Å²) in [6.07, 6.45) is 6.13. The van der Waals surface area contributed by atoms with Crippen molar-refractivity contribution in [3.8, 4) is 0 Å². The van der Waals surface area contributed by atoms with Gasteiger partial charge < -0.3 is 24.7 Å². The summed E-state index contributed by atoms with van der Waals surface area (Å²) in [6.45, 7) is 7.89. The van der Waals surface area contributed by atoms with E-state index in [9.17, 15) is 0 Å². The van der Waals surface area contributed by atoms with Crippen molar-refractivity contribution in [1.82, 2.24) is 0 Å². The van der Waals surface area contributed by atoms with Gasteiger partial charge in [-0.15, -0.1) is 0 Å². The largest absolute Gasteiger partial charge is 0.515 e. The topological polar surface area (TPSA) is 79.7 Å². The molecule has 0 radical (unpaired) electrons. The van der Waals surface area contributed by atoms with E-state index in [0.29, 0.717) is 19.4 Å². The predicted octanol–water partition coefficient (Wildman–Crippen LogP) is 1.81. The Kier molecular flexibility index (Phi) is 11.8. The van der Waals surface area contributed by atoms with Crippen molar-refractivity contribution >= 4 is 8.80 Å². The Morgan fingerprint density at radius 2 is 1.53 bits per heavy atom. The minimum atomic E-state index is -2.65. The van der Waals surface area contributed by atoms with Crippen LogP contribution in [0.15, 0.2) is 0 Å². The van der Waals surface area contributed by atoms with Crippen LogP contribution in [0.2, 0.25) is 0 Å². The molecule has 0 aliphatic rings. The summed E-state index contributed by atoms with van der Waals surface area (Å²) in [5.74, 6) is 0. The molecule has 0 fully saturated rings. The Hall–Kier alpha value is 0.0169. The second-order valence-electron chi connectivity index (χ2n) is 4.67. The molecule has 0 saturated carbocycles. The number of hydrogen-bond acceptors (Lipinski definition) is 5. The predicted molar refractivity (Wildman–Crippen MR) is 80.7 cm³/mol. The van der Waals surface area contributed by atoms with E-state index in [2.05, 4.69) is 6.92 Å². The Labute approximate surface area is 119 Å². The van der Waals surface area contributed by atoms with Crippen LogP contribution in [-0.2, 0) is 13.3 Å². The van der Waals surface area contributed by atoms with E-state index >= 15 is 0 Å². The van der Waals surface area contributed by atoms with Crippen LogP contribution in [0.5, 0.6) is 0 Å².